The number of thioether (sulfide) groups is 1. The Bertz CT molecular complexity index is 1090. The number of carbonyl (C=O) groups is 1. The van der Waals surface area contributed by atoms with Crippen molar-refractivity contribution in [3.05, 3.63) is 48.0 Å². The molecule has 27 heavy (non-hydrogen) atoms. The smallest absolute Gasteiger partial charge is 0.257 e. The average Bonchev–Trinajstić information content (AvgIpc) is 3.08. The summed E-state index contributed by atoms with van der Waals surface area (Å²) in [7, 11) is 0.892. The van der Waals surface area contributed by atoms with E-state index in [9.17, 15) is 13.2 Å². The van der Waals surface area contributed by atoms with Gasteiger partial charge in [0.05, 0.1) is 23.3 Å². The van der Waals surface area contributed by atoms with Gasteiger partial charge in [-0.3, -0.25) is 4.79 Å². The molecule has 0 aliphatic carbocycles. The molecule has 9 heteroatoms. The van der Waals surface area contributed by atoms with Gasteiger partial charge in [0.2, 0.25) is 10.0 Å². The van der Waals surface area contributed by atoms with Crippen molar-refractivity contribution in [2.24, 2.45) is 0 Å². The fraction of sp³-hybridized carbons (Fsp3) is 0.222. The van der Waals surface area contributed by atoms with Crippen molar-refractivity contribution in [3.8, 4) is 5.75 Å². The summed E-state index contributed by atoms with van der Waals surface area (Å²) in [4.78, 5) is 16.8. The van der Waals surface area contributed by atoms with Crippen LogP contribution in [-0.2, 0) is 10.0 Å². The number of oxazole rings is 1. The van der Waals surface area contributed by atoms with Gasteiger partial charge in [0.25, 0.3) is 5.22 Å². The van der Waals surface area contributed by atoms with E-state index in [0.29, 0.717) is 27.6 Å². The summed E-state index contributed by atoms with van der Waals surface area (Å²) in [6.45, 7) is 0. The molecule has 0 saturated heterocycles. The van der Waals surface area contributed by atoms with Crippen LogP contribution in [0.1, 0.15) is 10.4 Å². The van der Waals surface area contributed by atoms with Crippen LogP contribution in [0.15, 0.2) is 57.0 Å². The van der Waals surface area contributed by atoms with Crippen LogP contribution < -0.4 is 4.74 Å². The second-order valence-electron chi connectivity index (χ2n) is 5.81. The average molecular weight is 406 g/mol. The van der Waals surface area contributed by atoms with E-state index in [4.69, 9.17) is 9.15 Å². The van der Waals surface area contributed by atoms with Gasteiger partial charge in [-0.25, -0.2) is 17.7 Å². The third kappa shape index (κ3) is 4.00. The first-order valence-corrected chi connectivity index (χ1v) is 10.4. The number of hydrogen-bond acceptors (Lipinski definition) is 7. The molecular formula is C18H18N2O5S2. The van der Waals surface area contributed by atoms with Crippen LogP contribution in [0, 0.1) is 0 Å². The topological polar surface area (TPSA) is 89.7 Å². The van der Waals surface area contributed by atoms with E-state index in [1.54, 1.807) is 30.3 Å². The molecule has 0 N–H and O–H groups in total. The summed E-state index contributed by atoms with van der Waals surface area (Å²) < 4.78 is 36.4. The molecular weight excluding hydrogens is 388 g/mol. The molecule has 7 nitrogen and oxygen atoms in total. The molecule has 2 aromatic carbocycles. The van der Waals surface area contributed by atoms with Gasteiger partial charge in [-0.05, 0) is 30.3 Å². The highest BCUT2D eigenvalue weighted by atomic mass is 32.2. The minimum absolute atomic E-state index is 0.115. The lowest BCUT2D eigenvalue weighted by Gasteiger charge is -2.10. The zero-order chi connectivity index (χ0) is 19.6. The highest BCUT2D eigenvalue weighted by Gasteiger charge is 2.19. The third-order valence-corrected chi connectivity index (χ3v) is 6.49. The molecule has 0 saturated carbocycles. The Kier molecular flexibility index (Phi) is 5.54. The van der Waals surface area contributed by atoms with Crippen LogP contribution in [0.25, 0.3) is 11.1 Å². The Labute approximate surface area is 161 Å². The van der Waals surface area contributed by atoms with Gasteiger partial charge < -0.3 is 9.15 Å². The van der Waals surface area contributed by atoms with Crippen LogP contribution >= 0.6 is 11.8 Å². The maximum Gasteiger partial charge on any atom is 0.257 e. The highest BCUT2D eigenvalue weighted by Crippen LogP contribution is 2.27. The van der Waals surface area contributed by atoms with Gasteiger partial charge in [-0.2, -0.15) is 0 Å². The zero-order valence-corrected chi connectivity index (χ0v) is 16.6. The zero-order valence-electron chi connectivity index (χ0n) is 15.0. The Morgan fingerprint density at radius 2 is 1.96 bits per heavy atom. The van der Waals surface area contributed by atoms with E-state index in [-0.39, 0.29) is 16.4 Å². The van der Waals surface area contributed by atoms with Crippen LogP contribution in [0.3, 0.4) is 0 Å². The van der Waals surface area contributed by atoms with Crippen molar-refractivity contribution >= 4 is 38.7 Å². The van der Waals surface area contributed by atoms with Crippen molar-refractivity contribution in [2.45, 2.75) is 10.1 Å². The number of aromatic nitrogens is 1. The van der Waals surface area contributed by atoms with E-state index in [2.05, 4.69) is 4.98 Å². The quantitative estimate of drug-likeness (QED) is 0.440. The number of sulfonamides is 1. The Morgan fingerprint density at radius 1 is 1.22 bits per heavy atom. The number of benzene rings is 2. The van der Waals surface area contributed by atoms with Crippen molar-refractivity contribution in [1.82, 2.24) is 9.29 Å². The second kappa shape index (κ2) is 7.71. The van der Waals surface area contributed by atoms with E-state index in [1.807, 2.05) is 0 Å². The molecule has 0 fully saturated rings. The summed E-state index contributed by atoms with van der Waals surface area (Å²) >= 11 is 1.15. The Hall–Kier alpha value is -2.36. The maximum atomic E-state index is 12.4. The van der Waals surface area contributed by atoms with Gasteiger partial charge in [0, 0.05) is 14.1 Å². The molecule has 3 rings (SSSR count). The fourth-order valence-corrected chi connectivity index (χ4v) is 4.04. The van der Waals surface area contributed by atoms with Crippen LogP contribution in [-0.4, -0.2) is 50.4 Å². The van der Waals surface area contributed by atoms with E-state index < -0.39 is 10.0 Å². The molecule has 0 amide bonds. The summed E-state index contributed by atoms with van der Waals surface area (Å²) in [6.07, 6.45) is 0. The highest BCUT2D eigenvalue weighted by molar-refractivity contribution is 7.99. The summed E-state index contributed by atoms with van der Waals surface area (Å²) in [5, 5.41) is 0.299. The monoisotopic (exact) mass is 406 g/mol. The lowest BCUT2D eigenvalue weighted by Crippen LogP contribution is -2.22. The third-order valence-electron chi connectivity index (χ3n) is 3.85. The van der Waals surface area contributed by atoms with Gasteiger partial charge in [0.15, 0.2) is 11.4 Å². The Balaban J connectivity index is 1.79. The molecule has 142 valence electrons. The van der Waals surface area contributed by atoms with Crippen molar-refractivity contribution in [2.75, 3.05) is 27.0 Å². The number of methoxy groups -OCH3 is 1. The minimum atomic E-state index is -3.55. The Morgan fingerprint density at radius 3 is 2.67 bits per heavy atom. The predicted molar refractivity (Wildman–Crippen MR) is 103 cm³/mol. The first kappa shape index (κ1) is 19.4. The number of ether oxygens (including phenoxy) is 1. The number of rotatable bonds is 7. The second-order valence-corrected chi connectivity index (χ2v) is 8.89. The maximum absolute atomic E-state index is 12.4. The minimum Gasteiger partial charge on any atom is -0.496 e. The van der Waals surface area contributed by atoms with E-state index in [1.165, 1.54) is 33.3 Å². The van der Waals surface area contributed by atoms with Crippen LogP contribution in [0.4, 0.5) is 0 Å². The molecule has 1 aromatic heterocycles. The molecule has 3 aromatic rings. The molecule has 0 unspecified atom stereocenters. The number of hydrogen-bond donors (Lipinski definition) is 0. The van der Waals surface area contributed by atoms with Crippen molar-refractivity contribution in [1.29, 1.82) is 0 Å². The lowest BCUT2D eigenvalue weighted by atomic mass is 10.1. The SMILES string of the molecule is COc1ccccc1C(=O)CSc1nc2cc(S(=O)(=O)N(C)C)ccc2o1. The lowest BCUT2D eigenvalue weighted by molar-refractivity contribution is 0.101. The van der Waals surface area contributed by atoms with Gasteiger partial charge >= 0.3 is 0 Å². The first-order chi connectivity index (χ1) is 12.8. The molecule has 0 spiro atoms. The number of nitrogens with zero attached hydrogens (tertiary/aromatic N) is 2. The van der Waals surface area contributed by atoms with Crippen molar-refractivity contribution < 1.29 is 22.4 Å². The normalized spacial score (nSPS) is 11.9. The molecule has 0 radical (unpaired) electrons. The standard InChI is InChI=1S/C18H18N2O5S2/c1-20(2)27(22,23)12-8-9-17-14(10-12)19-18(25-17)26-11-15(21)13-6-4-5-7-16(13)24-3/h4-10H,11H2,1-3H3. The largest absolute Gasteiger partial charge is 0.496 e. The first-order valence-electron chi connectivity index (χ1n) is 7.95. The molecule has 0 bridgehead atoms. The molecule has 1 heterocycles. The van der Waals surface area contributed by atoms with Crippen LogP contribution in [0.5, 0.6) is 5.75 Å². The van der Waals surface area contributed by atoms with E-state index >= 15 is 0 Å². The number of Topliss-reactive ketones (excluding diaryl/α,β-unsaturated/α-hetero) is 1. The van der Waals surface area contributed by atoms with Crippen LogP contribution in [0.2, 0.25) is 0 Å². The number of para-hydroxylation sites is 1. The predicted octanol–water partition coefficient (Wildman–Crippen LogP) is 3.06. The van der Waals surface area contributed by atoms with Gasteiger partial charge in [-0.1, -0.05) is 23.9 Å². The van der Waals surface area contributed by atoms with Gasteiger partial charge in [0.1, 0.15) is 11.3 Å². The van der Waals surface area contributed by atoms with Gasteiger partial charge in [-0.15, -0.1) is 0 Å². The molecule has 0 aliphatic heterocycles. The van der Waals surface area contributed by atoms with E-state index in [0.717, 1.165) is 16.1 Å². The number of ketones is 1. The summed E-state index contributed by atoms with van der Waals surface area (Å²) in [6, 6.07) is 11.5. The summed E-state index contributed by atoms with van der Waals surface area (Å²) in [5.41, 5.74) is 1.37. The molecule has 0 aliphatic rings. The molecule has 0 atom stereocenters. The number of fused-ring (bicyclic) bond motifs is 1. The summed E-state index contributed by atoms with van der Waals surface area (Å²) in [5.74, 6) is 0.519. The fourth-order valence-electron chi connectivity index (χ4n) is 2.40. The van der Waals surface area contributed by atoms with Crippen molar-refractivity contribution in [3.63, 3.8) is 0 Å². The number of carbonyl (C=O) groups excluding carboxylic acids is 1.